The van der Waals surface area contributed by atoms with Crippen molar-refractivity contribution in [2.75, 3.05) is 11.9 Å². The summed E-state index contributed by atoms with van der Waals surface area (Å²) in [6, 6.07) is 11.5. The molecule has 0 radical (unpaired) electrons. The van der Waals surface area contributed by atoms with Crippen molar-refractivity contribution in [2.24, 2.45) is 0 Å². The van der Waals surface area contributed by atoms with Crippen LogP contribution in [-0.4, -0.2) is 11.6 Å². The maximum absolute atomic E-state index is 6.13. The van der Waals surface area contributed by atoms with Crippen LogP contribution in [-0.2, 0) is 6.54 Å². The van der Waals surface area contributed by atoms with Crippen molar-refractivity contribution in [1.29, 1.82) is 0 Å². The molecule has 19 heavy (non-hydrogen) atoms. The molecule has 0 atom stereocenters. The van der Waals surface area contributed by atoms with Crippen LogP contribution in [0.15, 0.2) is 41.0 Å². The molecule has 0 saturated heterocycles. The molecule has 1 aromatic carbocycles. The smallest absolute Gasteiger partial charge is 0.138 e. The Labute approximate surface area is 126 Å². The monoisotopic (exact) mass is 340 g/mol. The van der Waals surface area contributed by atoms with Crippen molar-refractivity contribution in [3.8, 4) is 5.75 Å². The van der Waals surface area contributed by atoms with Crippen LogP contribution in [0.3, 0.4) is 0 Å². The lowest BCUT2D eigenvalue weighted by Crippen LogP contribution is -2.02. The van der Waals surface area contributed by atoms with Gasteiger partial charge in [-0.05, 0) is 53.2 Å². The second kappa shape index (κ2) is 6.78. The van der Waals surface area contributed by atoms with Crippen LogP contribution in [0.2, 0.25) is 5.02 Å². The van der Waals surface area contributed by atoms with Gasteiger partial charge in [0.15, 0.2) is 0 Å². The van der Waals surface area contributed by atoms with Crippen LogP contribution in [0.25, 0.3) is 0 Å². The summed E-state index contributed by atoms with van der Waals surface area (Å²) in [6.07, 6.45) is 0. The van der Waals surface area contributed by atoms with Gasteiger partial charge in [-0.2, -0.15) is 0 Å². The van der Waals surface area contributed by atoms with Crippen LogP contribution in [0.1, 0.15) is 12.6 Å². The summed E-state index contributed by atoms with van der Waals surface area (Å²) in [7, 11) is 0. The number of halogens is 2. The van der Waals surface area contributed by atoms with Crippen LogP contribution in [0, 0.1) is 0 Å². The van der Waals surface area contributed by atoms with Gasteiger partial charge in [0.1, 0.15) is 10.4 Å². The molecule has 0 bridgehead atoms. The molecule has 2 aromatic rings. The summed E-state index contributed by atoms with van der Waals surface area (Å²) >= 11 is 9.48. The summed E-state index contributed by atoms with van der Waals surface area (Å²) in [5.74, 6) is 0.704. The zero-order valence-electron chi connectivity index (χ0n) is 10.5. The molecule has 0 spiro atoms. The summed E-state index contributed by atoms with van der Waals surface area (Å²) in [5, 5.41) is 3.88. The highest BCUT2D eigenvalue weighted by Gasteiger charge is 2.03. The Morgan fingerprint density at radius 2 is 2.16 bits per heavy atom. The fourth-order valence-corrected chi connectivity index (χ4v) is 2.24. The number of aromatic nitrogens is 1. The van der Waals surface area contributed by atoms with E-state index in [-0.39, 0.29) is 0 Å². The molecule has 0 aliphatic heterocycles. The second-order valence-corrected chi connectivity index (χ2v) is 5.10. The van der Waals surface area contributed by atoms with Gasteiger partial charge in [0.25, 0.3) is 0 Å². The van der Waals surface area contributed by atoms with E-state index in [1.54, 1.807) is 0 Å². The Bertz CT molecular complexity index is 563. The summed E-state index contributed by atoms with van der Waals surface area (Å²) in [5.41, 5.74) is 1.90. The number of ether oxygens (including phenoxy) is 1. The number of anilines is 1. The summed E-state index contributed by atoms with van der Waals surface area (Å²) in [4.78, 5) is 4.35. The first kappa shape index (κ1) is 14.2. The normalized spacial score (nSPS) is 10.3. The van der Waals surface area contributed by atoms with Gasteiger partial charge in [0, 0.05) is 5.69 Å². The number of nitrogens with zero attached hydrogens (tertiary/aromatic N) is 1. The van der Waals surface area contributed by atoms with Crippen LogP contribution < -0.4 is 10.1 Å². The van der Waals surface area contributed by atoms with Crippen molar-refractivity contribution in [3.63, 3.8) is 0 Å². The lowest BCUT2D eigenvalue weighted by molar-refractivity contribution is 0.340. The standard InChI is InChI=1S/C14H14BrClN2O/c1-2-19-13-7-6-10(8-12(13)16)17-9-11-4-3-5-14(15)18-11/h3-8,17H,2,9H2,1H3. The van der Waals surface area contributed by atoms with E-state index in [2.05, 4.69) is 26.2 Å². The number of nitrogens with one attached hydrogen (secondary N) is 1. The minimum atomic E-state index is 0.606. The third-order valence-electron chi connectivity index (χ3n) is 2.48. The van der Waals surface area contributed by atoms with E-state index < -0.39 is 0 Å². The Kier molecular flexibility index (Phi) is 5.05. The van der Waals surface area contributed by atoms with Gasteiger partial charge in [-0.1, -0.05) is 17.7 Å². The predicted molar refractivity (Wildman–Crippen MR) is 81.9 cm³/mol. The van der Waals surface area contributed by atoms with Gasteiger partial charge < -0.3 is 10.1 Å². The van der Waals surface area contributed by atoms with Gasteiger partial charge in [-0.15, -0.1) is 0 Å². The number of hydrogen-bond acceptors (Lipinski definition) is 3. The molecule has 1 aromatic heterocycles. The molecule has 1 N–H and O–H groups in total. The van der Waals surface area contributed by atoms with E-state index in [4.69, 9.17) is 16.3 Å². The maximum Gasteiger partial charge on any atom is 0.138 e. The van der Waals surface area contributed by atoms with Gasteiger partial charge >= 0.3 is 0 Å². The van der Waals surface area contributed by atoms with Crippen LogP contribution >= 0.6 is 27.5 Å². The highest BCUT2D eigenvalue weighted by molar-refractivity contribution is 9.10. The van der Waals surface area contributed by atoms with E-state index >= 15 is 0 Å². The van der Waals surface area contributed by atoms with Crippen molar-refractivity contribution in [1.82, 2.24) is 4.98 Å². The van der Waals surface area contributed by atoms with E-state index in [1.165, 1.54) is 0 Å². The van der Waals surface area contributed by atoms with Crippen LogP contribution in [0.5, 0.6) is 5.75 Å². The molecule has 0 unspecified atom stereocenters. The number of pyridine rings is 1. The highest BCUT2D eigenvalue weighted by atomic mass is 79.9. The molecule has 5 heteroatoms. The lowest BCUT2D eigenvalue weighted by Gasteiger charge is -2.09. The average Bonchev–Trinajstić information content (AvgIpc) is 2.39. The second-order valence-electron chi connectivity index (χ2n) is 3.88. The number of benzene rings is 1. The Balaban J connectivity index is 2.02. The highest BCUT2D eigenvalue weighted by Crippen LogP contribution is 2.27. The van der Waals surface area contributed by atoms with Crippen molar-refractivity contribution >= 4 is 33.2 Å². The zero-order chi connectivity index (χ0) is 13.7. The predicted octanol–water partition coefficient (Wildman–Crippen LogP) is 4.51. The van der Waals surface area contributed by atoms with Gasteiger partial charge in [-0.25, -0.2) is 4.98 Å². The van der Waals surface area contributed by atoms with E-state index in [1.807, 2.05) is 43.3 Å². The first-order valence-electron chi connectivity index (χ1n) is 5.96. The van der Waals surface area contributed by atoms with Gasteiger partial charge in [-0.3, -0.25) is 0 Å². The van der Waals surface area contributed by atoms with Crippen LogP contribution in [0.4, 0.5) is 5.69 Å². The first-order chi connectivity index (χ1) is 9.19. The minimum Gasteiger partial charge on any atom is -0.492 e. The molecule has 100 valence electrons. The molecule has 0 aliphatic rings. The number of rotatable bonds is 5. The Hall–Kier alpha value is -1.26. The van der Waals surface area contributed by atoms with Crippen molar-refractivity contribution in [2.45, 2.75) is 13.5 Å². The molecule has 1 heterocycles. The molecule has 0 saturated carbocycles. The largest absolute Gasteiger partial charge is 0.492 e. The molecule has 3 nitrogen and oxygen atoms in total. The third kappa shape index (κ3) is 4.11. The number of hydrogen-bond donors (Lipinski definition) is 1. The van der Waals surface area contributed by atoms with Gasteiger partial charge in [0.2, 0.25) is 0 Å². The molecular weight excluding hydrogens is 328 g/mol. The molecule has 0 fully saturated rings. The van der Waals surface area contributed by atoms with E-state index in [0.29, 0.717) is 23.9 Å². The van der Waals surface area contributed by atoms with Crippen molar-refractivity contribution in [3.05, 3.63) is 51.7 Å². The first-order valence-corrected chi connectivity index (χ1v) is 7.14. The SMILES string of the molecule is CCOc1ccc(NCc2cccc(Br)n2)cc1Cl. The van der Waals surface area contributed by atoms with Gasteiger partial charge in [0.05, 0.1) is 23.9 Å². The maximum atomic E-state index is 6.13. The summed E-state index contributed by atoms with van der Waals surface area (Å²) in [6.45, 7) is 3.18. The van der Waals surface area contributed by atoms with Crippen molar-refractivity contribution < 1.29 is 4.74 Å². The zero-order valence-corrected chi connectivity index (χ0v) is 12.8. The average molecular weight is 342 g/mol. The molecule has 0 amide bonds. The fraction of sp³-hybridized carbons (Fsp3) is 0.214. The topological polar surface area (TPSA) is 34.1 Å². The lowest BCUT2D eigenvalue weighted by atomic mass is 10.3. The quantitative estimate of drug-likeness (QED) is 0.813. The van der Waals surface area contributed by atoms with E-state index in [9.17, 15) is 0 Å². The fourth-order valence-electron chi connectivity index (χ4n) is 1.62. The third-order valence-corrected chi connectivity index (χ3v) is 3.22. The Morgan fingerprint density at radius 3 is 2.84 bits per heavy atom. The molecular formula is C14H14BrClN2O. The molecule has 2 rings (SSSR count). The molecule has 0 aliphatic carbocycles. The Morgan fingerprint density at radius 1 is 1.32 bits per heavy atom. The minimum absolute atomic E-state index is 0.606. The van der Waals surface area contributed by atoms with E-state index in [0.717, 1.165) is 16.0 Å². The summed E-state index contributed by atoms with van der Waals surface area (Å²) < 4.78 is 6.22.